The van der Waals surface area contributed by atoms with Gasteiger partial charge < -0.3 is 9.84 Å². The molecule has 0 aromatic heterocycles. The molecule has 0 spiro atoms. The van der Waals surface area contributed by atoms with Crippen molar-refractivity contribution in [1.29, 1.82) is 5.41 Å². The van der Waals surface area contributed by atoms with Gasteiger partial charge in [-0.1, -0.05) is 19.1 Å². The van der Waals surface area contributed by atoms with Crippen molar-refractivity contribution in [2.75, 3.05) is 0 Å². The minimum absolute atomic E-state index is 0.114. The number of rotatable bonds is 3. The summed E-state index contributed by atoms with van der Waals surface area (Å²) in [6.45, 7) is 1.88. The van der Waals surface area contributed by atoms with Crippen LogP contribution in [-0.4, -0.2) is 17.0 Å². The molecule has 5 nitrogen and oxygen atoms in total. The van der Waals surface area contributed by atoms with E-state index >= 15 is 0 Å². The van der Waals surface area contributed by atoms with Crippen molar-refractivity contribution in [3.63, 3.8) is 0 Å². The first-order valence-corrected chi connectivity index (χ1v) is 4.91. The number of amidine groups is 1. The SMILES string of the molecule is CCC(=N)NC(=O)OCc1ccc(O)cc1. The van der Waals surface area contributed by atoms with Gasteiger partial charge >= 0.3 is 6.09 Å². The Morgan fingerprint density at radius 1 is 1.44 bits per heavy atom. The Labute approximate surface area is 93.6 Å². The fourth-order valence-electron chi connectivity index (χ4n) is 0.989. The van der Waals surface area contributed by atoms with E-state index in [0.29, 0.717) is 6.42 Å². The maximum Gasteiger partial charge on any atom is 0.412 e. The summed E-state index contributed by atoms with van der Waals surface area (Å²) in [6.07, 6.45) is -0.186. The molecule has 1 amide bonds. The molecule has 1 aromatic carbocycles. The van der Waals surface area contributed by atoms with Gasteiger partial charge in [0.1, 0.15) is 18.2 Å². The van der Waals surface area contributed by atoms with E-state index in [-0.39, 0.29) is 18.2 Å². The number of aromatic hydroxyl groups is 1. The maximum absolute atomic E-state index is 11.1. The Bertz CT molecular complexity index is 373. The zero-order chi connectivity index (χ0) is 12.0. The van der Waals surface area contributed by atoms with Gasteiger partial charge in [0, 0.05) is 6.42 Å². The highest BCUT2D eigenvalue weighted by Gasteiger charge is 2.04. The van der Waals surface area contributed by atoms with Crippen molar-refractivity contribution in [2.24, 2.45) is 0 Å². The topological polar surface area (TPSA) is 82.4 Å². The Kier molecular flexibility index (Phi) is 4.32. The standard InChI is InChI=1S/C11H14N2O3/c1-2-10(12)13-11(15)16-7-8-3-5-9(14)6-4-8/h3-6,14H,2,7H2,1H3,(H2,12,13,15). The number of hydrogen-bond acceptors (Lipinski definition) is 4. The highest BCUT2D eigenvalue weighted by atomic mass is 16.5. The number of nitrogens with one attached hydrogen (secondary N) is 2. The molecule has 16 heavy (non-hydrogen) atoms. The summed E-state index contributed by atoms with van der Waals surface area (Å²) in [6, 6.07) is 6.36. The second-order valence-electron chi connectivity index (χ2n) is 3.20. The first kappa shape index (κ1) is 12.0. The number of carbonyl (C=O) groups is 1. The molecule has 1 rings (SSSR count). The monoisotopic (exact) mass is 222 g/mol. The predicted octanol–water partition coefficient (Wildman–Crippen LogP) is 2.01. The molecule has 5 heteroatoms. The molecule has 1 aromatic rings. The van der Waals surface area contributed by atoms with E-state index < -0.39 is 6.09 Å². The van der Waals surface area contributed by atoms with Crippen LogP contribution in [0.15, 0.2) is 24.3 Å². The van der Waals surface area contributed by atoms with Gasteiger partial charge in [0.05, 0.1) is 0 Å². The minimum Gasteiger partial charge on any atom is -0.508 e. The highest BCUT2D eigenvalue weighted by molar-refractivity contribution is 5.93. The van der Waals surface area contributed by atoms with Crippen LogP contribution in [0.25, 0.3) is 0 Å². The normalized spacial score (nSPS) is 9.56. The first-order chi connectivity index (χ1) is 7.61. The van der Waals surface area contributed by atoms with Crippen molar-refractivity contribution >= 4 is 11.9 Å². The lowest BCUT2D eigenvalue weighted by molar-refractivity contribution is 0.145. The van der Waals surface area contributed by atoms with Crippen LogP contribution in [0.1, 0.15) is 18.9 Å². The van der Waals surface area contributed by atoms with E-state index in [1.807, 2.05) is 0 Å². The number of carbonyl (C=O) groups excluding carboxylic acids is 1. The van der Waals surface area contributed by atoms with Crippen molar-refractivity contribution in [3.8, 4) is 5.75 Å². The molecule has 86 valence electrons. The fraction of sp³-hybridized carbons (Fsp3) is 0.273. The van der Waals surface area contributed by atoms with Gasteiger partial charge in [-0.2, -0.15) is 0 Å². The highest BCUT2D eigenvalue weighted by Crippen LogP contribution is 2.10. The van der Waals surface area contributed by atoms with Crippen molar-refractivity contribution in [1.82, 2.24) is 5.32 Å². The van der Waals surface area contributed by atoms with Gasteiger partial charge in [-0.15, -0.1) is 0 Å². The number of phenols is 1. The summed E-state index contributed by atoms with van der Waals surface area (Å²) in [5.74, 6) is 0.289. The van der Waals surface area contributed by atoms with Crippen LogP contribution >= 0.6 is 0 Å². The van der Waals surface area contributed by atoms with Gasteiger partial charge in [0.25, 0.3) is 0 Å². The molecule has 0 bridgehead atoms. The Balaban J connectivity index is 2.37. The van der Waals surface area contributed by atoms with E-state index in [1.165, 1.54) is 12.1 Å². The Morgan fingerprint density at radius 3 is 2.62 bits per heavy atom. The van der Waals surface area contributed by atoms with E-state index in [4.69, 9.17) is 15.3 Å². The van der Waals surface area contributed by atoms with Crippen molar-refractivity contribution < 1.29 is 14.6 Å². The molecule has 0 heterocycles. The van der Waals surface area contributed by atoms with Crippen LogP contribution in [0.2, 0.25) is 0 Å². The molecular weight excluding hydrogens is 208 g/mol. The zero-order valence-corrected chi connectivity index (χ0v) is 8.99. The summed E-state index contributed by atoms with van der Waals surface area (Å²) >= 11 is 0. The predicted molar refractivity (Wildman–Crippen MR) is 59.4 cm³/mol. The van der Waals surface area contributed by atoms with Crippen molar-refractivity contribution in [3.05, 3.63) is 29.8 Å². The summed E-state index contributed by atoms with van der Waals surface area (Å²) in [4.78, 5) is 11.1. The van der Waals surface area contributed by atoms with E-state index in [1.54, 1.807) is 19.1 Å². The van der Waals surface area contributed by atoms with Gasteiger partial charge in [-0.05, 0) is 17.7 Å². The van der Waals surface area contributed by atoms with E-state index in [2.05, 4.69) is 5.32 Å². The molecule has 0 aliphatic rings. The molecule has 0 atom stereocenters. The summed E-state index contributed by atoms with van der Waals surface area (Å²) < 4.78 is 4.87. The number of phenolic OH excluding ortho intramolecular Hbond substituents is 1. The molecule has 0 saturated heterocycles. The molecule has 3 N–H and O–H groups in total. The van der Waals surface area contributed by atoms with Crippen LogP contribution in [0.5, 0.6) is 5.75 Å². The molecule has 0 fully saturated rings. The third-order valence-electron chi connectivity index (χ3n) is 1.91. The molecule has 0 radical (unpaired) electrons. The lowest BCUT2D eigenvalue weighted by Crippen LogP contribution is -2.29. The lowest BCUT2D eigenvalue weighted by Gasteiger charge is -2.06. The third kappa shape index (κ3) is 4.00. The largest absolute Gasteiger partial charge is 0.508 e. The third-order valence-corrected chi connectivity index (χ3v) is 1.91. The second-order valence-corrected chi connectivity index (χ2v) is 3.20. The van der Waals surface area contributed by atoms with Crippen LogP contribution in [-0.2, 0) is 11.3 Å². The van der Waals surface area contributed by atoms with Crippen LogP contribution < -0.4 is 5.32 Å². The summed E-state index contributed by atoms with van der Waals surface area (Å²) in [5, 5.41) is 18.6. The minimum atomic E-state index is -0.639. The van der Waals surface area contributed by atoms with Gasteiger partial charge in [-0.25, -0.2) is 4.79 Å². The number of alkyl carbamates (subject to hydrolysis) is 1. The summed E-state index contributed by atoms with van der Waals surface area (Å²) in [5.41, 5.74) is 0.774. The second kappa shape index (κ2) is 5.75. The molecule has 0 saturated carbocycles. The fourth-order valence-corrected chi connectivity index (χ4v) is 0.989. The Hall–Kier alpha value is -2.04. The number of benzene rings is 1. The average molecular weight is 222 g/mol. The van der Waals surface area contributed by atoms with Crippen molar-refractivity contribution in [2.45, 2.75) is 20.0 Å². The van der Waals surface area contributed by atoms with Crippen LogP contribution in [0, 0.1) is 5.41 Å². The van der Waals surface area contributed by atoms with Crippen LogP contribution in [0.3, 0.4) is 0 Å². The average Bonchev–Trinajstić information content (AvgIpc) is 2.28. The number of ether oxygens (including phenoxy) is 1. The van der Waals surface area contributed by atoms with Gasteiger partial charge in [0.2, 0.25) is 0 Å². The van der Waals surface area contributed by atoms with Gasteiger partial charge in [0.15, 0.2) is 0 Å². The smallest absolute Gasteiger partial charge is 0.412 e. The van der Waals surface area contributed by atoms with Crippen LogP contribution in [0.4, 0.5) is 4.79 Å². The lowest BCUT2D eigenvalue weighted by atomic mass is 10.2. The van der Waals surface area contributed by atoms with E-state index in [0.717, 1.165) is 5.56 Å². The molecule has 0 aliphatic heterocycles. The number of amides is 1. The Morgan fingerprint density at radius 2 is 2.06 bits per heavy atom. The first-order valence-electron chi connectivity index (χ1n) is 4.91. The zero-order valence-electron chi connectivity index (χ0n) is 8.99. The van der Waals surface area contributed by atoms with Gasteiger partial charge in [-0.3, -0.25) is 10.7 Å². The van der Waals surface area contributed by atoms with E-state index in [9.17, 15) is 4.79 Å². The molecular formula is C11H14N2O3. The maximum atomic E-state index is 11.1. The molecule has 0 aliphatic carbocycles. The number of hydrogen-bond donors (Lipinski definition) is 3. The quantitative estimate of drug-likeness (QED) is 0.540. The molecule has 0 unspecified atom stereocenters. The summed E-state index contributed by atoms with van der Waals surface area (Å²) in [7, 11) is 0.